The lowest BCUT2D eigenvalue weighted by molar-refractivity contribution is -0.123. The lowest BCUT2D eigenvalue weighted by atomic mass is 9.79. The summed E-state index contributed by atoms with van der Waals surface area (Å²) in [5.74, 6) is 2.80. The molecule has 3 aliphatic rings. The number of benzene rings is 1. The fraction of sp³-hybridized carbons (Fsp3) is 0.500. The first-order valence-electron chi connectivity index (χ1n) is 15.4. The van der Waals surface area contributed by atoms with Gasteiger partial charge in [0.2, 0.25) is 5.91 Å². The van der Waals surface area contributed by atoms with E-state index in [1.54, 1.807) is 6.26 Å². The van der Waals surface area contributed by atoms with E-state index in [2.05, 4.69) is 59.1 Å². The van der Waals surface area contributed by atoms with Crippen LogP contribution in [0.25, 0.3) is 22.2 Å². The van der Waals surface area contributed by atoms with Crippen LogP contribution in [0.5, 0.6) is 0 Å². The van der Waals surface area contributed by atoms with Crippen LogP contribution in [-0.4, -0.2) is 27.0 Å². The van der Waals surface area contributed by atoms with Crippen LogP contribution >= 0.6 is 0 Å². The molecule has 0 saturated heterocycles. The first-order chi connectivity index (χ1) is 19.6. The van der Waals surface area contributed by atoms with Gasteiger partial charge < -0.3 is 13.9 Å². The van der Waals surface area contributed by atoms with Gasteiger partial charge in [-0.15, -0.1) is 0 Å². The second-order valence-electron chi connectivity index (χ2n) is 12.5. The molecule has 3 aliphatic carbocycles. The van der Waals surface area contributed by atoms with Crippen LogP contribution in [0.3, 0.4) is 0 Å². The second-order valence-corrected chi connectivity index (χ2v) is 12.5. The summed E-state index contributed by atoms with van der Waals surface area (Å²) < 4.78 is 7.91. The highest BCUT2D eigenvalue weighted by molar-refractivity contribution is 5.95. The number of carbonyl (C=O) groups is 1. The third-order valence-electron chi connectivity index (χ3n) is 9.62. The number of pyridine rings is 1. The molecule has 0 atom stereocenters. The van der Waals surface area contributed by atoms with Crippen molar-refractivity contribution in [2.24, 2.45) is 18.9 Å². The van der Waals surface area contributed by atoms with Gasteiger partial charge in [0.15, 0.2) is 5.89 Å². The number of carbonyl (C=O) groups excluding carboxylic acids is 1. The van der Waals surface area contributed by atoms with Crippen LogP contribution in [0.1, 0.15) is 94.0 Å². The highest BCUT2D eigenvalue weighted by Gasteiger charge is 2.32. The van der Waals surface area contributed by atoms with Crippen molar-refractivity contribution < 1.29 is 9.21 Å². The first kappa shape index (κ1) is 25.6. The van der Waals surface area contributed by atoms with Gasteiger partial charge in [-0.25, -0.2) is 4.98 Å². The molecule has 1 aromatic carbocycles. The smallest absolute Gasteiger partial charge is 0.230 e. The van der Waals surface area contributed by atoms with Gasteiger partial charge in [-0.05, 0) is 81.5 Å². The van der Waals surface area contributed by atoms with Gasteiger partial charge in [0.05, 0.1) is 11.7 Å². The number of hydrogen-bond donors (Lipinski definition) is 0. The molecule has 0 spiro atoms. The van der Waals surface area contributed by atoms with E-state index in [0.29, 0.717) is 23.7 Å². The van der Waals surface area contributed by atoms with Gasteiger partial charge in [0, 0.05) is 59.9 Å². The second kappa shape index (κ2) is 10.9. The average Bonchev–Trinajstić information content (AvgIpc) is 3.62. The van der Waals surface area contributed by atoms with Gasteiger partial charge >= 0.3 is 0 Å². The summed E-state index contributed by atoms with van der Waals surface area (Å²) in [6.07, 6.45) is 18.4. The Balaban J connectivity index is 1.09. The Morgan fingerprint density at radius 3 is 2.58 bits per heavy atom. The Morgan fingerprint density at radius 1 is 0.975 bits per heavy atom. The quantitative estimate of drug-likeness (QED) is 0.240. The maximum absolute atomic E-state index is 14.0. The molecule has 3 heterocycles. The molecule has 0 radical (unpaired) electrons. The van der Waals surface area contributed by atoms with Crippen LogP contribution in [0.4, 0.5) is 5.69 Å². The van der Waals surface area contributed by atoms with Crippen molar-refractivity contribution in [1.82, 2.24) is 14.5 Å². The van der Waals surface area contributed by atoms with Gasteiger partial charge in [0.1, 0.15) is 12.0 Å². The molecule has 6 nitrogen and oxygen atoms in total. The number of anilines is 1. The first-order valence-corrected chi connectivity index (χ1v) is 15.4. The van der Waals surface area contributed by atoms with Gasteiger partial charge in [-0.1, -0.05) is 31.4 Å². The maximum atomic E-state index is 14.0. The molecule has 40 heavy (non-hydrogen) atoms. The maximum Gasteiger partial charge on any atom is 0.230 e. The van der Waals surface area contributed by atoms with Crippen LogP contribution in [0, 0.1) is 11.8 Å². The van der Waals surface area contributed by atoms with E-state index in [4.69, 9.17) is 14.4 Å². The Bertz CT molecular complexity index is 1480. The van der Waals surface area contributed by atoms with Crippen LogP contribution in [0.15, 0.2) is 59.5 Å². The van der Waals surface area contributed by atoms with Gasteiger partial charge in [0.25, 0.3) is 0 Å². The van der Waals surface area contributed by atoms with Crippen LogP contribution < -0.4 is 4.90 Å². The van der Waals surface area contributed by atoms with Crippen molar-refractivity contribution >= 4 is 22.5 Å². The number of amides is 1. The fourth-order valence-corrected chi connectivity index (χ4v) is 6.97. The zero-order valence-electron chi connectivity index (χ0n) is 23.6. The summed E-state index contributed by atoms with van der Waals surface area (Å²) in [7, 11) is 2.07. The molecule has 6 heteroatoms. The standard InChI is InChI=1S/C34H40N4O2/c1-37-17-16-28-19-30(35-20-32(28)37)24-12-10-23(11-13-24)21-38(34(39)26-6-3-2-4-7-26)29-9-5-8-27(18-29)31-22-40-33(36-31)25-14-15-25/h5,8-9,16-20,22-26H,2-4,6-7,10-15,21H2,1H3. The number of nitrogens with zero attached hydrogens (tertiary/aromatic N) is 4. The van der Waals surface area contributed by atoms with E-state index in [1.807, 2.05) is 6.20 Å². The van der Waals surface area contributed by atoms with Crippen LogP contribution in [-0.2, 0) is 11.8 Å². The molecular weight excluding hydrogens is 496 g/mol. The van der Waals surface area contributed by atoms with E-state index in [0.717, 1.165) is 80.7 Å². The molecule has 208 valence electrons. The van der Waals surface area contributed by atoms with E-state index in [-0.39, 0.29) is 5.92 Å². The summed E-state index contributed by atoms with van der Waals surface area (Å²) >= 11 is 0. The fourth-order valence-electron chi connectivity index (χ4n) is 6.97. The molecule has 3 fully saturated rings. The molecule has 3 saturated carbocycles. The Kier molecular flexibility index (Phi) is 6.94. The third-order valence-corrected chi connectivity index (χ3v) is 9.62. The molecular formula is C34H40N4O2. The summed E-state index contributed by atoms with van der Waals surface area (Å²) in [6, 6.07) is 12.9. The zero-order valence-corrected chi connectivity index (χ0v) is 23.6. The topological polar surface area (TPSA) is 64.2 Å². The minimum atomic E-state index is 0.143. The molecule has 0 unspecified atom stereocenters. The lowest BCUT2D eigenvalue weighted by Crippen LogP contribution is -2.41. The number of oxazole rings is 1. The SMILES string of the molecule is Cn1ccc2cc(C3CCC(CN(C(=O)C4CCCCC4)c4cccc(-c5coc(C6CC6)n5)c4)CC3)ncc21. The molecule has 0 bridgehead atoms. The van der Waals surface area contributed by atoms with Crippen molar-refractivity contribution in [1.29, 1.82) is 0 Å². The molecule has 0 N–H and O–H groups in total. The normalized spacial score (nSPS) is 22.0. The van der Waals surface area contributed by atoms with Gasteiger partial charge in [-0.3, -0.25) is 9.78 Å². The van der Waals surface area contributed by atoms with Crippen molar-refractivity contribution in [2.75, 3.05) is 11.4 Å². The summed E-state index contributed by atoms with van der Waals surface area (Å²) in [4.78, 5) is 25.8. The highest BCUT2D eigenvalue weighted by atomic mass is 16.3. The summed E-state index contributed by atoms with van der Waals surface area (Å²) in [6.45, 7) is 0.794. The molecule has 3 aromatic heterocycles. The Morgan fingerprint density at radius 2 is 1.77 bits per heavy atom. The van der Waals surface area contributed by atoms with Crippen molar-refractivity contribution in [3.8, 4) is 11.3 Å². The van der Waals surface area contributed by atoms with Crippen molar-refractivity contribution in [3.05, 3.63) is 66.6 Å². The predicted molar refractivity (Wildman–Crippen MR) is 158 cm³/mol. The Hall–Kier alpha value is -3.41. The molecule has 4 aromatic rings. The largest absolute Gasteiger partial charge is 0.448 e. The van der Waals surface area contributed by atoms with Crippen molar-refractivity contribution in [2.45, 2.75) is 82.5 Å². The number of aryl methyl sites for hydroxylation is 1. The molecule has 1 amide bonds. The predicted octanol–water partition coefficient (Wildman–Crippen LogP) is 7.99. The summed E-state index contributed by atoms with van der Waals surface area (Å²) in [5.41, 5.74) is 5.31. The lowest BCUT2D eigenvalue weighted by Gasteiger charge is -2.35. The van der Waals surface area contributed by atoms with E-state index in [1.165, 1.54) is 35.9 Å². The van der Waals surface area contributed by atoms with Crippen molar-refractivity contribution in [3.63, 3.8) is 0 Å². The number of hydrogen-bond acceptors (Lipinski definition) is 4. The zero-order chi connectivity index (χ0) is 27.1. The molecule has 7 rings (SSSR count). The minimum absolute atomic E-state index is 0.143. The Labute approximate surface area is 236 Å². The number of fused-ring (bicyclic) bond motifs is 1. The third kappa shape index (κ3) is 5.21. The van der Waals surface area contributed by atoms with E-state index >= 15 is 0 Å². The monoisotopic (exact) mass is 536 g/mol. The number of rotatable bonds is 7. The van der Waals surface area contributed by atoms with Crippen LogP contribution in [0.2, 0.25) is 0 Å². The average molecular weight is 537 g/mol. The summed E-state index contributed by atoms with van der Waals surface area (Å²) in [5, 5.41) is 1.27. The van der Waals surface area contributed by atoms with E-state index < -0.39 is 0 Å². The highest BCUT2D eigenvalue weighted by Crippen LogP contribution is 2.41. The minimum Gasteiger partial charge on any atom is -0.448 e. The van der Waals surface area contributed by atoms with E-state index in [9.17, 15) is 4.79 Å². The van der Waals surface area contributed by atoms with Gasteiger partial charge in [-0.2, -0.15) is 0 Å². The molecule has 0 aliphatic heterocycles. The number of aromatic nitrogens is 3.